The van der Waals surface area contributed by atoms with Crippen LogP contribution in [-0.4, -0.2) is 55.2 Å². The molecule has 2 aromatic carbocycles. The zero-order chi connectivity index (χ0) is 21.1. The van der Waals surface area contributed by atoms with E-state index in [1.807, 2.05) is 12.1 Å². The zero-order valence-electron chi connectivity index (χ0n) is 17.8. The Labute approximate surface area is 198 Å². The van der Waals surface area contributed by atoms with Crippen molar-refractivity contribution >= 4 is 56.6 Å². The predicted octanol–water partition coefficient (Wildman–Crippen LogP) is 5.36. The Kier molecular flexibility index (Phi) is 8.30. The van der Waals surface area contributed by atoms with Gasteiger partial charge in [0.25, 0.3) is 5.91 Å². The number of anilines is 1. The molecular formula is C23H27Cl2N3O2S. The van der Waals surface area contributed by atoms with E-state index in [-0.39, 0.29) is 18.3 Å². The number of ether oxygens (including phenoxy) is 1. The van der Waals surface area contributed by atoms with Crippen molar-refractivity contribution in [3.63, 3.8) is 0 Å². The molecule has 3 aromatic rings. The fraction of sp³-hybridized carbons (Fsp3) is 0.391. The maximum Gasteiger partial charge on any atom is 0.261 e. The highest BCUT2D eigenvalue weighted by molar-refractivity contribution is 7.22. The lowest BCUT2D eigenvalue weighted by Gasteiger charge is -2.27. The Morgan fingerprint density at radius 3 is 2.71 bits per heavy atom. The number of carbonyl (C=O) groups excluding carboxylic acids is 1. The molecule has 8 heteroatoms. The molecule has 1 fully saturated rings. The Balaban J connectivity index is 0.00000272. The third kappa shape index (κ3) is 5.57. The second-order valence-corrected chi connectivity index (χ2v) is 9.06. The van der Waals surface area contributed by atoms with Crippen LogP contribution in [0.25, 0.3) is 10.2 Å². The lowest BCUT2D eigenvalue weighted by Crippen LogP contribution is -2.39. The molecule has 0 spiro atoms. The smallest absolute Gasteiger partial charge is 0.261 e. The summed E-state index contributed by atoms with van der Waals surface area (Å²) in [6, 6.07) is 11.5. The molecular weight excluding hydrogens is 453 g/mol. The fourth-order valence-electron chi connectivity index (χ4n) is 3.82. The summed E-state index contributed by atoms with van der Waals surface area (Å²) in [5, 5.41) is 1.19. The van der Waals surface area contributed by atoms with Crippen LogP contribution in [0.15, 0.2) is 36.4 Å². The second kappa shape index (κ2) is 10.7. The van der Waals surface area contributed by atoms with E-state index in [1.165, 1.54) is 11.1 Å². The van der Waals surface area contributed by atoms with E-state index in [4.69, 9.17) is 21.3 Å². The number of hydrogen-bond donors (Lipinski definition) is 0. The minimum Gasteiger partial charge on any atom is -0.379 e. The molecule has 4 rings (SSSR count). The van der Waals surface area contributed by atoms with E-state index in [9.17, 15) is 4.79 Å². The van der Waals surface area contributed by atoms with Gasteiger partial charge in [-0.15, -0.1) is 12.4 Å². The Hall–Kier alpha value is -1.70. The fourth-order valence-corrected chi connectivity index (χ4v) is 5.08. The van der Waals surface area contributed by atoms with E-state index in [1.54, 1.807) is 28.4 Å². The topological polar surface area (TPSA) is 45.7 Å². The van der Waals surface area contributed by atoms with Crippen molar-refractivity contribution in [2.75, 3.05) is 44.3 Å². The summed E-state index contributed by atoms with van der Waals surface area (Å²) in [5.74, 6) is -0.101. The van der Waals surface area contributed by atoms with Gasteiger partial charge in [-0.1, -0.05) is 41.1 Å². The van der Waals surface area contributed by atoms with Gasteiger partial charge in [-0.3, -0.25) is 14.6 Å². The quantitative estimate of drug-likeness (QED) is 0.477. The van der Waals surface area contributed by atoms with Gasteiger partial charge in [0.05, 0.1) is 34.0 Å². The molecule has 2 heterocycles. The van der Waals surface area contributed by atoms with Gasteiger partial charge in [0, 0.05) is 26.2 Å². The van der Waals surface area contributed by atoms with Gasteiger partial charge in [-0.25, -0.2) is 4.98 Å². The molecule has 1 aliphatic rings. The average Bonchev–Trinajstić information content (AvgIpc) is 3.16. The Morgan fingerprint density at radius 1 is 1.23 bits per heavy atom. The normalized spacial score (nSPS) is 14.4. The van der Waals surface area contributed by atoms with Crippen molar-refractivity contribution in [2.45, 2.75) is 20.3 Å². The number of hydrogen-bond acceptors (Lipinski definition) is 5. The molecule has 0 radical (unpaired) electrons. The van der Waals surface area contributed by atoms with E-state index in [0.29, 0.717) is 17.1 Å². The molecule has 0 saturated carbocycles. The summed E-state index contributed by atoms with van der Waals surface area (Å²) in [7, 11) is 0. The number of aryl methyl sites for hydroxylation is 2. The largest absolute Gasteiger partial charge is 0.379 e. The minimum atomic E-state index is -0.101. The number of morpholine rings is 1. The lowest BCUT2D eigenvalue weighted by molar-refractivity contribution is 0.0376. The van der Waals surface area contributed by atoms with Crippen LogP contribution in [0.4, 0.5) is 5.13 Å². The highest BCUT2D eigenvalue weighted by atomic mass is 35.5. The number of fused-ring (bicyclic) bond motifs is 1. The van der Waals surface area contributed by atoms with Gasteiger partial charge < -0.3 is 4.74 Å². The van der Waals surface area contributed by atoms with Crippen molar-refractivity contribution in [3.05, 3.63) is 58.1 Å². The summed E-state index contributed by atoms with van der Waals surface area (Å²) in [6.07, 6.45) is 0.865. The van der Waals surface area contributed by atoms with Crippen LogP contribution in [0.5, 0.6) is 0 Å². The van der Waals surface area contributed by atoms with E-state index in [2.05, 4.69) is 30.9 Å². The standard InChI is InChI=1S/C23H26ClN3O2S.ClH/c1-16-14-17(2)21-20(15-16)25-23(30-21)27(9-5-8-26-10-12-29-13-11-26)22(28)18-6-3-4-7-19(18)24;/h3-4,6-7,14-15H,5,8-13H2,1-2H3;1H. The summed E-state index contributed by atoms with van der Waals surface area (Å²) >= 11 is 7.92. The van der Waals surface area contributed by atoms with Crippen molar-refractivity contribution in [1.29, 1.82) is 0 Å². The van der Waals surface area contributed by atoms with Gasteiger partial charge in [0.2, 0.25) is 0 Å². The van der Waals surface area contributed by atoms with Crippen LogP contribution < -0.4 is 4.90 Å². The number of nitrogens with zero attached hydrogens (tertiary/aromatic N) is 3. The van der Waals surface area contributed by atoms with E-state index in [0.717, 1.165) is 54.6 Å². The number of rotatable bonds is 6. The monoisotopic (exact) mass is 479 g/mol. The van der Waals surface area contributed by atoms with E-state index >= 15 is 0 Å². The molecule has 166 valence electrons. The first-order valence-corrected chi connectivity index (χ1v) is 11.5. The molecule has 1 amide bonds. The third-order valence-corrected chi connectivity index (χ3v) is 6.91. The highest BCUT2D eigenvalue weighted by Gasteiger charge is 2.23. The van der Waals surface area contributed by atoms with Crippen molar-refractivity contribution in [1.82, 2.24) is 9.88 Å². The molecule has 0 atom stereocenters. The van der Waals surface area contributed by atoms with Crippen LogP contribution in [-0.2, 0) is 4.74 Å². The first kappa shape index (κ1) is 24.0. The summed E-state index contributed by atoms with van der Waals surface area (Å²) in [4.78, 5) is 22.5. The number of benzene rings is 2. The average molecular weight is 480 g/mol. The van der Waals surface area contributed by atoms with Gasteiger partial charge in [0.15, 0.2) is 5.13 Å². The van der Waals surface area contributed by atoms with Crippen LogP contribution in [0, 0.1) is 13.8 Å². The van der Waals surface area contributed by atoms with Crippen LogP contribution >= 0.6 is 35.3 Å². The Morgan fingerprint density at radius 2 is 1.97 bits per heavy atom. The predicted molar refractivity (Wildman–Crippen MR) is 131 cm³/mol. The van der Waals surface area contributed by atoms with Gasteiger partial charge in [-0.2, -0.15) is 0 Å². The molecule has 1 saturated heterocycles. The number of thiazole rings is 1. The van der Waals surface area contributed by atoms with Gasteiger partial charge in [-0.05, 0) is 49.6 Å². The van der Waals surface area contributed by atoms with Crippen LogP contribution in [0.2, 0.25) is 5.02 Å². The van der Waals surface area contributed by atoms with Crippen molar-refractivity contribution < 1.29 is 9.53 Å². The van der Waals surface area contributed by atoms with Gasteiger partial charge >= 0.3 is 0 Å². The van der Waals surface area contributed by atoms with Crippen LogP contribution in [0.3, 0.4) is 0 Å². The number of carbonyl (C=O) groups is 1. The minimum absolute atomic E-state index is 0. The summed E-state index contributed by atoms with van der Waals surface area (Å²) < 4.78 is 6.56. The SMILES string of the molecule is Cc1cc(C)c2sc(N(CCCN3CCOCC3)C(=O)c3ccccc3Cl)nc2c1.Cl. The maximum atomic E-state index is 13.5. The molecule has 1 aliphatic heterocycles. The zero-order valence-corrected chi connectivity index (χ0v) is 20.2. The van der Waals surface area contributed by atoms with Gasteiger partial charge in [0.1, 0.15) is 0 Å². The molecule has 5 nitrogen and oxygen atoms in total. The molecule has 0 unspecified atom stereocenters. The Bertz CT molecular complexity index is 1050. The molecule has 0 bridgehead atoms. The second-order valence-electron chi connectivity index (χ2n) is 7.67. The molecule has 0 N–H and O–H groups in total. The lowest BCUT2D eigenvalue weighted by atomic mass is 10.1. The van der Waals surface area contributed by atoms with Crippen molar-refractivity contribution in [3.8, 4) is 0 Å². The first-order valence-electron chi connectivity index (χ1n) is 10.3. The maximum absolute atomic E-state index is 13.5. The molecule has 1 aromatic heterocycles. The highest BCUT2D eigenvalue weighted by Crippen LogP contribution is 2.33. The van der Waals surface area contributed by atoms with Crippen molar-refractivity contribution in [2.24, 2.45) is 0 Å². The number of halogens is 2. The number of amides is 1. The molecule has 31 heavy (non-hydrogen) atoms. The summed E-state index contributed by atoms with van der Waals surface area (Å²) in [6.45, 7) is 9.13. The van der Waals surface area contributed by atoms with Crippen LogP contribution in [0.1, 0.15) is 27.9 Å². The third-order valence-electron chi connectivity index (χ3n) is 5.35. The number of aromatic nitrogens is 1. The summed E-state index contributed by atoms with van der Waals surface area (Å²) in [5.41, 5.74) is 3.82. The first-order chi connectivity index (χ1) is 14.5. The molecule has 0 aliphatic carbocycles. The van der Waals surface area contributed by atoms with E-state index < -0.39 is 0 Å².